The number of fused-ring (bicyclic) bond motifs is 1. The van der Waals surface area contributed by atoms with Crippen LogP contribution in [0.25, 0.3) is 22.2 Å². The molecular formula is C21H20NO2-. The van der Waals surface area contributed by atoms with Crippen molar-refractivity contribution in [1.82, 2.24) is 4.98 Å². The van der Waals surface area contributed by atoms with Gasteiger partial charge in [0.25, 0.3) is 0 Å². The number of aromatic nitrogens is 1. The van der Waals surface area contributed by atoms with Crippen LogP contribution < -0.4 is 5.11 Å². The van der Waals surface area contributed by atoms with Crippen LogP contribution in [0.2, 0.25) is 0 Å². The number of hydrogen-bond acceptors (Lipinski definition) is 3. The molecule has 0 aliphatic heterocycles. The van der Waals surface area contributed by atoms with E-state index in [2.05, 4.69) is 26.0 Å². The lowest BCUT2D eigenvalue weighted by Gasteiger charge is -2.16. The van der Waals surface area contributed by atoms with Gasteiger partial charge in [-0.1, -0.05) is 56.3 Å². The highest BCUT2D eigenvalue weighted by Crippen LogP contribution is 2.30. The number of aromatic carboxylic acids is 1. The van der Waals surface area contributed by atoms with Gasteiger partial charge in [-0.15, -0.1) is 0 Å². The van der Waals surface area contributed by atoms with Crippen LogP contribution in [-0.2, 0) is 0 Å². The Balaban J connectivity index is 2.19. The van der Waals surface area contributed by atoms with E-state index in [1.54, 1.807) is 13.0 Å². The maximum Gasteiger partial charge on any atom is 0.0745 e. The highest BCUT2D eigenvalue weighted by Gasteiger charge is 2.14. The summed E-state index contributed by atoms with van der Waals surface area (Å²) in [4.78, 5) is 16.4. The number of carboxylic acid groups (broad SMARTS) is 1. The molecule has 1 heterocycles. The van der Waals surface area contributed by atoms with Gasteiger partial charge in [-0.3, -0.25) is 0 Å². The fourth-order valence-corrected chi connectivity index (χ4v) is 3.06. The first-order chi connectivity index (χ1) is 11.5. The molecule has 0 bridgehead atoms. The van der Waals surface area contributed by atoms with Crippen LogP contribution in [0.5, 0.6) is 0 Å². The van der Waals surface area contributed by atoms with Crippen LogP contribution in [0, 0.1) is 6.92 Å². The number of para-hydroxylation sites is 1. The Bertz CT molecular complexity index is 898. The number of carbonyl (C=O) groups excluding carboxylic acids is 1. The lowest BCUT2D eigenvalue weighted by molar-refractivity contribution is -0.254. The number of rotatable bonds is 4. The van der Waals surface area contributed by atoms with Crippen LogP contribution in [0.1, 0.15) is 47.7 Å². The van der Waals surface area contributed by atoms with Crippen LogP contribution in [0.3, 0.4) is 0 Å². The molecule has 3 heteroatoms. The molecule has 3 aromatic rings. The van der Waals surface area contributed by atoms with E-state index in [-0.39, 0.29) is 5.56 Å². The van der Waals surface area contributed by atoms with Crippen molar-refractivity contribution in [3.63, 3.8) is 0 Å². The molecule has 0 saturated heterocycles. The number of nitrogens with zero attached hydrogens (tertiary/aromatic N) is 1. The molecule has 3 rings (SSSR count). The Morgan fingerprint density at radius 3 is 2.42 bits per heavy atom. The Hall–Kier alpha value is -2.68. The molecule has 3 nitrogen and oxygen atoms in total. The molecule has 0 saturated carbocycles. The molecule has 122 valence electrons. The molecule has 2 aromatic carbocycles. The van der Waals surface area contributed by atoms with Crippen molar-refractivity contribution in [1.29, 1.82) is 0 Å². The minimum Gasteiger partial charge on any atom is -0.545 e. The number of carboxylic acids is 1. The molecule has 1 aromatic heterocycles. The van der Waals surface area contributed by atoms with Gasteiger partial charge in [-0.05, 0) is 36.5 Å². The number of hydrogen-bond donors (Lipinski definition) is 0. The normalized spacial score (nSPS) is 12.3. The second-order valence-corrected chi connectivity index (χ2v) is 6.20. The molecule has 0 unspecified atom stereocenters. The van der Waals surface area contributed by atoms with Gasteiger partial charge < -0.3 is 9.90 Å². The zero-order chi connectivity index (χ0) is 17.3. The van der Waals surface area contributed by atoms with E-state index in [1.807, 2.05) is 30.3 Å². The summed E-state index contributed by atoms with van der Waals surface area (Å²) in [5.41, 5.74) is 4.44. The highest BCUT2D eigenvalue weighted by atomic mass is 16.4. The molecule has 0 amide bonds. The largest absolute Gasteiger partial charge is 0.545 e. The maximum atomic E-state index is 11.7. The number of benzene rings is 2. The zero-order valence-electron chi connectivity index (χ0n) is 14.2. The van der Waals surface area contributed by atoms with Crippen molar-refractivity contribution < 1.29 is 9.90 Å². The summed E-state index contributed by atoms with van der Waals surface area (Å²) in [6.45, 7) is 6.16. The van der Waals surface area contributed by atoms with E-state index in [9.17, 15) is 9.90 Å². The van der Waals surface area contributed by atoms with Gasteiger partial charge in [-0.25, -0.2) is 4.98 Å². The molecule has 24 heavy (non-hydrogen) atoms. The van der Waals surface area contributed by atoms with Crippen molar-refractivity contribution in [3.8, 4) is 11.3 Å². The maximum absolute atomic E-state index is 11.7. The molecule has 0 aliphatic rings. The lowest BCUT2D eigenvalue weighted by Crippen LogP contribution is -2.24. The van der Waals surface area contributed by atoms with E-state index in [4.69, 9.17) is 4.98 Å². The first-order valence-corrected chi connectivity index (χ1v) is 8.24. The van der Waals surface area contributed by atoms with E-state index < -0.39 is 5.97 Å². The van der Waals surface area contributed by atoms with E-state index >= 15 is 0 Å². The van der Waals surface area contributed by atoms with Gasteiger partial charge in [0, 0.05) is 16.5 Å². The average molecular weight is 318 g/mol. The van der Waals surface area contributed by atoms with E-state index in [1.165, 1.54) is 5.56 Å². The molecule has 0 radical (unpaired) electrons. The minimum absolute atomic E-state index is 0.224. The molecular weight excluding hydrogens is 298 g/mol. The van der Waals surface area contributed by atoms with Gasteiger partial charge in [-0.2, -0.15) is 0 Å². The number of carbonyl (C=O) groups is 1. The van der Waals surface area contributed by atoms with E-state index in [0.29, 0.717) is 28.1 Å². The third-order valence-electron chi connectivity index (χ3n) is 4.71. The first kappa shape index (κ1) is 16.2. The minimum atomic E-state index is -1.16. The van der Waals surface area contributed by atoms with Crippen molar-refractivity contribution >= 4 is 16.9 Å². The lowest BCUT2D eigenvalue weighted by atomic mass is 9.94. The summed E-state index contributed by atoms with van der Waals surface area (Å²) < 4.78 is 0. The predicted octanol–water partition coefficient (Wildman–Crippen LogP) is 4.09. The topological polar surface area (TPSA) is 53.0 Å². The zero-order valence-corrected chi connectivity index (χ0v) is 14.2. The van der Waals surface area contributed by atoms with Crippen LogP contribution >= 0.6 is 0 Å². The van der Waals surface area contributed by atoms with Gasteiger partial charge in [0.1, 0.15) is 0 Å². The summed E-state index contributed by atoms with van der Waals surface area (Å²) in [5, 5.41) is 12.3. The quantitative estimate of drug-likeness (QED) is 0.728. The standard InChI is InChI=1S/C21H21NO2/c1-4-13(2)15-9-11-16(12-10-15)20-14(3)19(21(23)24)17-7-5-6-8-18(17)22-20/h5-13H,4H2,1-3H3,(H,23,24)/p-1/t13-/m1/s1. The van der Waals surface area contributed by atoms with Crippen molar-refractivity contribution in [2.45, 2.75) is 33.1 Å². The van der Waals surface area contributed by atoms with Gasteiger partial charge in [0.2, 0.25) is 0 Å². The Morgan fingerprint density at radius 1 is 1.12 bits per heavy atom. The molecule has 0 fully saturated rings. The van der Waals surface area contributed by atoms with Gasteiger partial charge in [0.15, 0.2) is 0 Å². The Labute approximate surface area is 142 Å². The average Bonchev–Trinajstić information content (AvgIpc) is 2.60. The third-order valence-corrected chi connectivity index (χ3v) is 4.71. The molecule has 0 spiro atoms. The Morgan fingerprint density at radius 2 is 1.79 bits per heavy atom. The summed E-state index contributed by atoms with van der Waals surface area (Å²) in [5.74, 6) is -0.660. The smallest absolute Gasteiger partial charge is 0.0745 e. The second kappa shape index (κ2) is 6.44. The monoisotopic (exact) mass is 318 g/mol. The summed E-state index contributed by atoms with van der Waals surface area (Å²) in [6, 6.07) is 15.5. The first-order valence-electron chi connectivity index (χ1n) is 8.24. The predicted molar refractivity (Wildman–Crippen MR) is 95.0 cm³/mol. The van der Waals surface area contributed by atoms with Crippen molar-refractivity contribution in [2.75, 3.05) is 0 Å². The molecule has 0 aliphatic carbocycles. The van der Waals surface area contributed by atoms with Gasteiger partial charge >= 0.3 is 0 Å². The summed E-state index contributed by atoms with van der Waals surface area (Å²) in [6.07, 6.45) is 1.08. The Kier molecular flexibility index (Phi) is 4.34. The summed E-state index contributed by atoms with van der Waals surface area (Å²) in [7, 11) is 0. The van der Waals surface area contributed by atoms with Crippen molar-refractivity contribution in [2.24, 2.45) is 0 Å². The molecule has 1 atom stereocenters. The van der Waals surface area contributed by atoms with Crippen molar-refractivity contribution in [3.05, 3.63) is 65.2 Å². The highest BCUT2D eigenvalue weighted by molar-refractivity contribution is 6.04. The number of pyridine rings is 1. The SMILES string of the molecule is CC[C@@H](C)c1ccc(-c2nc3ccccc3c(C(=O)[O-])c2C)cc1. The van der Waals surface area contributed by atoms with Gasteiger partial charge in [0.05, 0.1) is 17.2 Å². The second-order valence-electron chi connectivity index (χ2n) is 6.20. The van der Waals surface area contributed by atoms with Crippen LogP contribution in [0.4, 0.5) is 0 Å². The third kappa shape index (κ3) is 2.78. The molecule has 0 N–H and O–H groups in total. The fraction of sp³-hybridized carbons (Fsp3) is 0.238. The van der Waals surface area contributed by atoms with E-state index in [0.717, 1.165) is 12.0 Å². The van der Waals surface area contributed by atoms with Crippen LogP contribution in [-0.4, -0.2) is 11.0 Å². The summed E-state index contributed by atoms with van der Waals surface area (Å²) >= 11 is 0. The fourth-order valence-electron chi connectivity index (χ4n) is 3.06. The van der Waals surface area contributed by atoms with Crippen LogP contribution in [0.15, 0.2) is 48.5 Å².